The topological polar surface area (TPSA) is 157 Å². The molecule has 3 saturated heterocycles. The molecule has 1 aromatic heterocycles. The van der Waals surface area contributed by atoms with Gasteiger partial charge >= 0.3 is 6.18 Å². The Balaban J connectivity index is 0.901. The zero-order valence-corrected chi connectivity index (χ0v) is 40.6. The van der Waals surface area contributed by atoms with E-state index in [0.717, 1.165) is 43.0 Å². The molecular formula is C52H55ClF4N8O6. The van der Waals surface area contributed by atoms with Gasteiger partial charge in [-0.05, 0) is 97.3 Å². The van der Waals surface area contributed by atoms with Crippen molar-refractivity contribution in [3.05, 3.63) is 111 Å². The lowest BCUT2D eigenvalue weighted by Gasteiger charge is -2.49. The number of carbonyl (C=O) groups is 5. The summed E-state index contributed by atoms with van der Waals surface area (Å²) in [5, 5.41) is 8.49. The van der Waals surface area contributed by atoms with Gasteiger partial charge in [-0.1, -0.05) is 50.4 Å². The molecular weight excluding hydrogens is 944 g/mol. The van der Waals surface area contributed by atoms with E-state index in [1.54, 1.807) is 41.3 Å². The molecule has 71 heavy (non-hydrogen) atoms. The Kier molecular flexibility index (Phi) is 12.3. The molecule has 6 atom stereocenters. The highest BCUT2D eigenvalue weighted by Gasteiger charge is 2.67. The lowest BCUT2D eigenvalue weighted by atomic mass is 9.56. The van der Waals surface area contributed by atoms with E-state index in [1.165, 1.54) is 24.3 Å². The Hall–Kier alpha value is -6.27. The first-order chi connectivity index (χ1) is 33.8. The van der Waals surface area contributed by atoms with Crippen LogP contribution in [-0.4, -0.2) is 114 Å². The van der Waals surface area contributed by atoms with Crippen LogP contribution < -0.4 is 25.6 Å². The van der Waals surface area contributed by atoms with Crippen molar-refractivity contribution < 1.29 is 46.3 Å². The first-order valence-corrected chi connectivity index (χ1v) is 24.5. The van der Waals surface area contributed by atoms with Crippen molar-refractivity contribution in [2.24, 2.45) is 11.3 Å². The van der Waals surface area contributed by atoms with Gasteiger partial charge in [0.25, 0.3) is 11.8 Å². The molecule has 0 bridgehead atoms. The van der Waals surface area contributed by atoms with Gasteiger partial charge in [0.2, 0.25) is 17.7 Å². The Bertz CT molecular complexity index is 2860. The maximum atomic E-state index is 16.7. The molecule has 5 aliphatic heterocycles. The second-order valence-corrected chi connectivity index (χ2v) is 20.9. The third kappa shape index (κ3) is 8.23. The van der Waals surface area contributed by atoms with Crippen LogP contribution in [0.3, 0.4) is 0 Å². The molecule has 1 spiro atoms. The summed E-state index contributed by atoms with van der Waals surface area (Å²) < 4.78 is 64.8. The molecule has 19 heteroatoms. The number of likely N-dealkylation sites (tertiary alicyclic amines) is 1. The highest BCUT2D eigenvalue weighted by molar-refractivity contribution is 6.30. The summed E-state index contributed by atoms with van der Waals surface area (Å²) in [6.07, 6.45) is 0.572. The fourth-order valence-corrected chi connectivity index (χ4v) is 13.0. The summed E-state index contributed by atoms with van der Waals surface area (Å²) >= 11 is 6.49. The van der Waals surface area contributed by atoms with E-state index in [2.05, 4.69) is 39.7 Å². The fourth-order valence-electron chi connectivity index (χ4n) is 12.8. The fraction of sp³-hybridized carbons (Fsp3) is 0.462. The number of amides is 5. The molecule has 3 aromatic carbocycles. The highest BCUT2D eigenvalue weighted by atomic mass is 35.5. The Morgan fingerprint density at radius 2 is 1.75 bits per heavy atom. The molecule has 4 fully saturated rings. The number of halogens is 5. The molecule has 1 aliphatic carbocycles. The van der Waals surface area contributed by atoms with Crippen molar-refractivity contribution >= 4 is 58.2 Å². The number of likely N-dealkylation sites (N-methyl/N-ethyl adjacent to an activating group) is 1. The lowest BCUT2D eigenvalue weighted by Crippen LogP contribution is -2.54. The average molecular weight is 1000 g/mol. The average Bonchev–Trinajstić information content (AvgIpc) is 3.97. The van der Waals surface area contributed by atoms with Crippen molar-refractivity contribution in [2.75, 3.05) is 62.4 Å². The van der Waals surface area contributed by atoms with Crippen LogP contribution in [0.1, 0.15) is 101 Å². The summed E-state index contributed by atoms with van der Waals surface area (Å²) in [5.41, 5.74) is 1.19. The number of anilines is 3. The van der Waals surface area contributed by atoms with Gasteiger partial charge in [0.05, 0.1) is 23.9 Å². The highest BCUT2D eigenvalue weighted by Crippen LogP contribution is 2.62. The number of methoxy groups -OCH3 is 1. The first-order valence-electron chi connectivity index (χ1n) is 24.1. The molecule has 5 amide bonds. The molecule has 3 N–H and O–H groups in total. The van der Waals surface area contributed by atoms with E-state index in [4.69, 9.17) is 16.3 Å². The largest absolute Gasteiger partial charge is 0.495 e. The Morgan fingerprint density at radius 1 is 0.972 bits per heavy atom. The summed E-state index contributed by atoms with van der Waals surface area (Å²) in [6.45, 7) is 6.51. The minimum Gasteiger partial charge on any atom is -0.495 e. The van der Waals surface area contributed by atoms with Gasteiger partial charge < -0.3 is 30.1 Å². The second kappa shape index (κ2) is 18.1. The van der Waals surface area contributed by atoms with Crippen molar-refractivity contribution in [1.29, 1.82) is 0 Å². The third-order valence-corrected chi connectivity index (χ3v) is 16.5. The molecule has 6 heterocycles. The number of rotatable bonds is 8. The number of ether oxygens (including phenoxy) is 1. The van der Waals surface area contributed by atoms with Gasteiger partial charge in [-0.3, -0.25) is 39.2 Å². The number of imide groups is 1. The van der Waals surface area contributed by atoms with Crippen LogP contribution in [0.5, 0.6) is 5.75 Å². The standard InChI is InChI=1S/C52H55ClF4N8O6/c1-50(2)17-6-5-9-33(50)45-51(27-59-37-24-40(52(55,56)57)58-25-34(37)51)42(32-8-7-10-35(53)43(32)54)44(62(45)3)47(68)60-36-14-11-28(23-39(36)71-4)48(69)64-20-18-63(19-21-64)30-12-13-31-29(22-30)26-65(49(31)70)38-15-16-41(66)61-46(38)67/h7-8,10-14,22-25,33,38,42,44-45,59H,5-6,9,15-21,26-27H2,1-4H3,(H,60,68)(H,61,66,67)/t33-,38-,42-,44+,45-,51+/m0/s1. The van der Waals surface area contributed by atoms with Gasteiger partial charge in [0, 0.05) is 97.3 Å². The molecule has 6 aliphatic rings. The number of hydrogen-bond acceptors (Lipinski definition) is 10. The molecule has 0 radical (unpaired) electrons. The first kappa shape index (κ1) is 48.4. The predicted molar refractivity (Wildman–Crippen MR) is 257 cm³/mol. The number of benzene rings is 3. The maximum Gasteiger partial charge on any atom is 0.433 e. The van der Waals surface area contributed by atoms with E-state index in [9.17, 15) is 32.3 Å². The number of aromatic nitrogens is 1. The van der Waals surface area contributed by atoms with E-state index in [1.807, 2.05) is 24.1 Å². The van der Waals surface area contributed by atoms with Crippen molar-refractivity contribution in [3.63, 3.8) is 0 Å². The number of pyridine rings is 1. The van der Waals surface area contributed by atoms with Gasteiger partial charge in [-0.2, -0.15) is 13.2 Å². The molecule has 0 unspecified atom stereocenters. The number of nitrogens with zero attached hydrogens (tertiary/aromatic N) is 5. The van der Waals surface area contributed by atoms with Gasteiger partial charge in [0.1, 0.15) is 23.3 Å². The second-order valence-electron chi connectivity index (χ2n) is 20.4. The van der Waals surface area contributed by atoms with Crippen molar-refractivity contribution in [3.8, 4) is 5.75 Å². The molecule has 1 saturated carbocycles. The van der Waals surface area contributed by atoms with Crippen LogP contribution in [0, 0.1) is 17.2 Å². The van der Waals surface area contributed by atoms with Crippen LogP contribution in [-0.2, 0) is 32.5 Å². The van der Waals surface area contributed by atoms with Gasteiger partial charge in [0.15, 0.2) is 0 Å². The monoisotopic (exact) mass is 998 g/mol. The maximum absolute atomic E-state index is 16.7. The predicted octanol–water partition coefficient (Wildman–Crippen LogP) is 7.61. The molecule has 374 valence electrons. The number of nitrogens with one attached hydrogen (secondary N) is 3. The summed E-state index contributed by atoms with van der Waals surface area (Å²) in [6, 6.07) is 13.7. The zero-order chi connectivity index (χ0) is 50.3. The Labute approximate surface area is 413 Å². The molecule has 4 aromatic rings. The third-order valence-electron chi connectivity index (χ3n) is 16.2. The number of hydrogen-bond donors (Lipinski definition) is 3. The number of fused-ring (bicyclic) bond motifs is 3. The summed E-state index contributed by atoms with van der Waals surface area (Å²) in [4.78, 5) is 78.1. The van der Waals surface area contributed by atoms with Crippen LogP contribution in [0.2, 0.25) is 5.02 Å². The van der Waals surface area contributed by atoms with Crippen molar-refractivity contribution in [1.82, 2.24) is 25.0 Å². The molecule has 10 rings (SSSR count). The van der Waals surface area contributed by atoms with E-state index < -0.39 is 59.0 Å². The summed E-state index contributed by atoms with van der Waals surface area (Å²) in [5.74, 6) is -3.34. The zero-order valence-electron chi connectivity index (χ0n) is 39.8. The SMILES string of the molecule is COc1cc(C(=O)N2CCN(c3ccc4c(c3)CN([C@H]3CCC(=O)NC3=O)C4=O)CC2)ccc1NC(=O)[C@H]1[C@H](c2cccc(Cl)c2F)[C@]2(CNc3cc(C(F)(F)F)ncc32)[C@H]([C@@H]2CCCCC2(C)C)N1C. The minimum absolute atomic E-state index is 0.0579. The molecule has 14 nitrogen and oxygen atoms in total. The number of alkyl halides is 3. The normalized spacial score (nSPS) is 26.3. The van der Waals surface area contributed by atoms with Crippen molar-refractivity contribution in [2.45, 2.75) is 94.6 Å². The quantitative estimate of drug-likeness (QED) is 0.119. The van der Waals surface area contributed by atoms with E-state index in [0.29, 0.717) is 42.9 Å². The van der Waals surface area contributed by atoms with Gasteiger partial charge in [-0.25, -0.2) is 4.39 Å². The minimum atomic E-state index is -4.71. The number of carbonyl (C=O) groups excluding carboxylic acids is 5. The lowest BCUT2D eigenvalue weighted by molar-refractivity contribution is -0.141. The smallest absolute Gasteiger partial charge is 0.433 e. The van der Waals surface area contributed by atoms with Gasteiger partial charge in [-0.15, -0.1) is 0 Å². The number of piperidine rings is 1. The van der Waals surface area contributed by atoms with Crippen LogP contribution in [0.4, 0.5) is 34.6 Å². The number of piperazine rings is 1. The van der Waals surface area contributed by atoms with Crippen LogP contribution >= 0.6 is 11.6 Å². The Morgan fingerprint density at radius 3 is 2.46 bits per heavy atom. The van der Waals surface area contributed by atoms with Crippen LogP contribution in [0.15, 0.2) is 66.9 Å². The summed E-state index contributed by atoms with van der Waals surface area (Å²) in [7, 11) is 3.26. The van der Waals surface area contributed by atoms with E-state index >= 15 is 9.18 Å². The van der Waals surface area contributed by atoms with Crippen LogP contribution in [0.25, 0.3) is 0 Å². The van der Waals surface area contributed by atoms with E-state index in [-0.39, 0.29) is 82.7 Å².